The van der Waals surface area contributed by atoms with Gasteiger partial charge in [0.2, 0.25) is 4.80 Å². The molecule has 0 fully saturated rings. The summed E-state index contributed by atoms with van der Waals surface area (Å²) in [4.78, 5) is 5.58. The van der Waals surface area contributed by atoms with E-state index in [1.54, 1.807) is 11.3 Å². The van der Waals surface area contributed by atoms with Crippen LogP contribution in [0.2, 0.25) is 0 Å². The van der Waals surface area contributed by atoms with E-state index in [1.807, 2.05) is 48.0 Å². The average Bonchev–Trinajstić information content (AvgIpc) is 3.04. The number of halogens is 1. The number of nitriles is 1. The van der Waals surface area contributed by atoms with Crippen LogP contribution in [0.15, 0.2) is 68.5 Å². The van der Waals surface area contributed by atoms with Crippen molar-refractivity contribution < 1.29 is 0 Å². The van der Waals surface area contributed by atoms with Gasteiger partial charge < -0.3 is 0 Å². The maximum Gasteiger partial charge on any atom is 0.206 e. The van der Waals surface area contributed by atoms with Crippen LogP contribution in [0, 0.1) is 11.3 Å². The Morgan fingerprint density at radius 3 is 2.37 bits per heavy atom. The fourth-order valence-corrected chi connectivity index (χ4v) is 3.75. The minimum atomic E-state index is 0.179. The van der Waals surface area contributed by atoms with Crippen molar-refractivity contribution in [1.82, 2.24) is 4.68 Å². The van der Waals surface area contributed by atoms with Crippen LogP contribution in [-0.4, -0.2) is 16.4 Å². The Morgan fingerprint density at radius 1 is 1.11 bits per heavy atom. The van der Waals surface area contributed by atoms with E-state index in [2.05, 4.69) is 53.4 Å². The maximum absolute atomic E-state index is 8.98. The van der Waals surface area contributed by atoms with Crippen LogP contribution in [0.25, 0.3) is 11.3 Å². The number of nitrogens with zero attached hydrogens (tertiary/aromatic N) is 4. The van der Waals surface area contributed by atoms with Crippen LogP contribution in [0.3, 0.4) is 0 Å². The van der Waals surface area contributed by atoms with Gasteiger partial charge in [0.1, 0.15) is 0 Å². The molecule has 0 aliphatic rings. The van der Waals surface area contributed by atoms with Crippen molar-refractivity contribution in [2.24, 2.45) is 10.1 Å². The predicted octanol–water partition coefficient (Wildman–Crippen LogP) is 5.43. The number of hydrogen-bond donors (Lipinski definition) is 0. The molecule has 0 bridgehead atoms. The molecule has 0 aliphatic carbocycles. The Balaban J connectivity index is 2.12. The van der Waals surface area contributed by atoms with Gasteiger partial charge in [-0.05, 0) is 50.6 Å². The number of hydrogen-bond acceptors (Lipinski definition) is 4. The lowest BCUT2D eigenvalue weighted by molar-refractivity contribution is 0.753. The van der Waals surface area contributed by atoms with Crippen LogP contribution >= 0.6 is 27.3 Å². The number of rotatable bonds is 4. The predicted molar refractivity (Wildman–Crippen MR) is 115 cm³/mol. The monoisotopic (exact) mass is 438 g/mol. The first-order valence-corrected chi connectivity index (χ1v) is 10.2. The van der Waals surface area contributed by atoms with Crippen LogP contribution in [-0.2, 0) is 0 Å². The molecule has 1 heterocycles. The second-order valence-electron chi connectivity index (χ2n) is 6.32. The fraction of sp³-hybridized carbons (Fsp3) is 0.190. The largest absolute Gasteiger partial charge is 0.255 e. The van der Waals surface area contributed by atoms with Gasteiger partial charge in [-0.25, -0.2) is 4.68 Å². The van der Waals surface area contributed by atoms with E-state index < -0.39 is 0 Å². The molecule has 0 unspecified atom stereocenters. The van der Waals surface area contributed by atoms with Gasteiger partial charge >= 0.3 is 0 Å². The summed E-state index contributed by atoms with van der Waals surface area (Å²) in [6, 6.07) is 17.9. The topological polar surface area (TPSA) is 53.4 Å². The number of thiazole rings is 1. The Bertz CT molecular complexity index is 1070. The lowest BCUT2D eigenvalue weighted by Gasteiger charge is -2.07. The molecule has 6 heteroatoms. The normalized spacial score (nSPS) is 12.4. The van der Waals surface area contributed by atoms with E-state index in [0.717, 1.165) is 31.8 Å². The number of benzene rings is 2. The van der Waals surface area contributed by atoms with Crippen molar-refractivity contribution in [2.75, 3.05) is 0 Å². The van der Waals surface area contributed by atoms with Crippen LogP contribution in [0.4, 0.5) is 0 Å². The van der Waals surface area contributed by atoms with Crippen LogP contribution in [0.5, 0.6) is 0 Å². The summed E-state index contributed by atoms with van der Waals surface area (Å²) >= 11 is 5.07. The second-order valence-corrected chi connectivity index (χ2v) is 8.07. The summed E-state index contributed by atoms with van der Waals surface area (Å²) in [7, 11) is 0. The Labute approximate surface area is 171 Å². The van der Waals surface area contributed by atoms with Gasteiger partial charge in [-0.1, -0.05) is 40.2 Å². The van der Waals surface area contributed by atoms with Crippen molar-refractivity contribution >= 4 is 33.0 Å². The fourth-order valence-electron chi connectivity index (χ4n) is 2.52. The van der Waals surface area contributed by atoms with E-state index in [-0.39, 0.29) is 6.04 Å². The molecule has 0 atom stereocenters. The van der Waals surface area contributed by atoms with Gasteiger partial charge in [-0.15, -0.1) is 11.3 Å². The zero-order valence-electron chi connectivity index (χ0n) is 15.3. The Hall–Kier alpha value is -2.49. The first-order valence-electron chi connectivity index (χ1n) is 8.54. The molecule has 0 N–H and O–H groups in total. The average molecular weight is 439 g/mol. The van der Waals surface area contributed by atoms with Crippen molar-refractivity contribution in [3.05, 3.63) is 74.3 Å². The van der Waals surface area contributed by atoms with E-state index in [9.17, 15) is 0 Å². The van der Waals surface area contributed by atoms with Gasteiger partial charge in [0, 0.05) is 21.5 Å². The molecule has 0 saturated carbocycles. The number of aromatic nitrogens is 1. The standard InChI is InChI=1S/C21H19BrN4S/c1-14(2)24-21-26(20(13-27-21)18-8-10-19(22)11-9-18)25-15(3)17-6-4-16(12-23)5-7-17/h4-11,13-14H,1-3H3. The minimum absolute atomic E-state index is 0.179. The Kier molecular flexibility index (Phi) is 6.04. The van der Waals surface area contributed by atoms with Crippen molar-refractivity contribution in [3.8, 4) is 17.3 Å². The molecular formula is C21H19BrN4S. The van der Waals surface area contributed by atoms with Gasteiger partial charge in [0.25, 0.3) is 0 Å². The van der Waals surface area contributed by atoms with E-state index >= 15 is 0 Å². The van der Waals surface area contributed by atoms with E-state index in [0.29, 0.717) is 5.56 Å². The van der Waals surface area contributed by atoms with Gasteiger partial charge in [0.05, 0.1) is 23.0 Å². The highest BCUT2D eigenvalue weighted by atomic mass is 79.9. The molecule has 3 aromatic rings. The molecule has 136 valence electrons. The highest BCUT2D eigenvalue weighted by molar-refractivity contribution is 9.10. The summed E-state index contributed by atoms with van der Waals surface area (Å²) < 4.78 is 2.94. The molecule has 2 aromatic carbocycles. The van der Waals surface area contributed by atoms with E-state index in [4.69, 9.17) is 15.4 Å². The summed E-state index contributed by atoms with van der Waals surface area (Å²) in [6.07, 6.45) is 0. The summed E-state index contributed by atoms with van der Waals surface area (Å²) in [5.41, 5.74) is 4.56. The third kappa shape index (κ3) is 4.62. The molecule has 3 rings (SSSR count). The zero-order valence-corrected chi connectivity index (χ0v) is 17.8. The molecule has 27 heavy (non-hydrogen) atoms. The van der Waals surface area contributed by atoms with Crippen LogP contribution in [0.1, 0.15) is 31.9 Å². The molecule has 0 radical (unpaired) electrons. The van der Waals surface area contributed by atoms with Crippen molar-refractivity contribution in [3.63, 3.8) is 0 Å². The molecule has 1 aromatic heterocycles. The van der Waals surface area contributed by atoms with Crippen molar-refractivity contribution in [1.29, 1.82) is 5.26 Å². The van der Waals surface area contributed by atoms with Gasteiger partial charge in [-0.3, -0.25) is 4.99 Å². The third-order valence-electron chi connectivity index (χ3n) is 3.88. The van der Waals surface area contributed by atoms with Gasteiger partial charge in [0.15, 0.2) is 0 Å². The molecule has 0 amide bonds. The second kappa shape index (κ2) is 8.47. The van der Waals surface area contributed by atoms with E-state index in [1.165, 1.54) is 0 Å². The minimum Gasteiger partial charge on any atom is -0.255 e. The molecule has 4 nitrogen and oxygen atoms in total. The molecule has 0 spiro atoms. The highest BCUT2D eigenvalue weighted by Crippen LogP contribution is 2.23. The molecule has 0 aliphatic heterocycles. The first kappa shape index (κ1) is 19.3. The summed E-state index contributed by atoms with van der Waals surface area (Å²) in [5, 5.41) is 15.9. The Morgan fingerprint density at radius 2 is 1.78 bits per heavy atom. The van der Waals surface area contributed by atoms with Gasteiger partial charge in [-0.2, -0.15) is 10.4 Å². The summed E-state index contributed by atoms with van der Waals surface area (Å²) in [6.45, 7) is 6.08. The summed E-state index contributed by atoms with van der Waals surface area (Å²) in [5.74, 6) is 0. The molecule has 0 saturated heterocycles. The smallest absolute Gasteiger partial charge is 0.206 e. The molecular weight excluding hydrogens is 420 g/mol. The van der Waals surface area contributed by atoms with Crippen molar-refractivity contribution in [2.45, 2.75) is 26.8 Å². The SMILES string of the molecule is CC(=Nn1c(-c2ccc(Br)cc2)csc1=NC(C)C)c1ccc(C#N)cc1. The van der Waals surface area contributed by atoms with Crippen LogP contribution < -0.4 is 4.80 Å². The lowest BCUT2D eigenvalue weighted by Crippen LogP contribution is -2.16. The third-order valence-corrected chi connectivity index (χ3v) is 5.23. The quantitative estimate of drug-likeness (QED) is 0.500. The first-order chi connectivity index (χ1) is 13.0. The lowest BCUT2D eigenvalue weighted by atomic mass is 10.1. The maximum atomic E-state index is 8.98. The highest BCUT2D eigenvalue weighted by Gasteiger charge is 2.09. The zero-order chi connectivity index (χ0) is 19.4.